The first-order chi connectivity index (χ1) is 22.7. The molecule has 0 bridgehead atoms. The predicted molar refractivity (Wildman–Crippen MR) is 185 cm³/mol. The predicted octanol–water partition coefficient (Wildman–Crippen LogP) is 5.95. The average molecular weight is 644 g/mol. The number of fused-ring (bicyclic) bond motifs is 1. The van der Waals surface area contributed by atoms with Gasteiger partial charge in [0, 0.05) is 42.5 Å². The molecule has 1 atom stereocenters. The number of hydrogen-bond acceptors (Lipinski definition) is 7. The van der Waals surface area contributed by atoms with Gasteiger partial charge in [0.2, 0.25) is 5.56 Å². The molecule has 1 aliphatic rings. The second-order valence-corrected chi connectivity index (χ2v) is 13.0. The number of unbranched alkanes of at least 4 members (excludes halogenated alkanes) is 3. The molecule has 1 aliphatic heterocycles. The number of carbonyl (C=O) groups excluding carboxylic acids is 1. The third kappa shape index (κ3) is 9.57. The van der Waals surface area contributed by atoms with Crippen molar-refractivity contribution in [3.63, 3.8) is 0 Å². The van der Waals surface area contributed by atoms with Gasteiger partial charge in [0.25, 0.3) is 0 Å². The number of aromatic nitrogens is 1. The van der Waals surface area contributed by atoms with Gasteiger partial charge in [-0.1, -0.05) is 49.2 Å². The number of aliphatic hydroxyl groups excluding tert-OH is 1. The Hall–Kier alpha value is -4.38. The van der Waals surface area contributed by atoms with E-state index in [-0.39, 0.29) is 17.4 Å². The van der Waals surface area contributed by atoms with Crippen molar-refractivity contribution in [3.8, 4) is 22.6 Å². The van der Waals surface area contributed by atoms with Crippen LogP contribution in [0.4, 0.5) is 10.5 Å². The number of likely N-dealkylation sites (tertiary alicyclic amines) is 1. The van der Waals surface area contributed by atoms with Crippen LogP contribution < -0.4 is 20.9 Å². The van der Waals surface area contributed by atoms with E-state index in [0.717, 1.165) is 73.8 Å². The molecule has 47 heavy (non-hydrogen) atoms. The zero-order valence-electron chi connectivity index (χ0n) is 27.3. The number of phenols is 1. The number of piperidine rings is 1. The number of pyridine rings is 1. The van der Waals surface area contributed by atoms with Crippen LogP contribution in [0.15, 0.2) is 77.6 Å². The van der Waals surface area contributed by atoms with Crippen molar-refractivity contribution in [1.29, 1.82) is 0 Å². The van der Waals surface area contributed by atoms with Gasteiger partial charge in [-0.15, -0.1) is 0 Å². The molecule has 1 amide bonds. The molecular formula is C37H47N4O6+. The smallest absolute Gasteiger partial charge is 0.411 e. The molecule has 250 valence electrons. The molecule has 5 rings (SSSR count). The number of hydrogen-bond donors (Lipinski definition) is 5. The number of nitrogens with one attached hydrogen (secondary N) is 3. The minimum absolute atomic E-state index is 0.0229. The van der Waals surface area contributed by atoms with Gasteiger partial charge in [-0.05, 0) is 54.8 Å². The maximum absolute atomic E-state index is 12.9. The maximum Gasteiger partial charge on any atom is 0.411 e. The second kappa shape index (κ2) is 15.9. The number of nitrogens with zero attached hydrogens (tertiary/aromatic N) is 1. The van der Waals surface area contributed by atoms with Crippen LogP contribution in [0.1, 0.15) is 50.2 Å². The Bertz CT molecular complexity index is 1680. The van der Waals surface area contributed by atoms with Crippen LogP contribution in [0.25, 0.3) is 22.0 Å². The summed E-state index contributed by atoms with van der Waals surface area (Å²) in [5.41, 5.74) is 3.24. The van der Waals surface area contributed by atoms with Crippen LogP contribution in [0.2, 0.25) is 0 Å². The van der Waals surface area contributed by atoms with Crippen molar-refractivity contribution >= 4 is 22.7 Å². The van der Waals surface area contributed by atoms with Crippen molar-refractivity contribution in [2.45, 2.75) is 50.7 Å². The molecule has 0 aliphatic carbocycles. The number of benzene rings is 3. The Kier molecular flexibility index (Phi) is 11.5. The van der Waals surface area contributed by atoms with E-state index >= 15 is 0 Å². The van der Waals surface area contributed by atoms with Crippen LogP contribution in [0.3, 0.4) is 0 Å². The minimum Gasteiger partial charge on any atom is -0.506 e. The summed E-state index contributed by atoms with van der Waals surface area (Å²) in [6.45, 7) is 3.66. The normalized spacial score (nSPS) is 15.3. The Morgan fingerprint density at radius 3 is 2.53 bits per heavy atom. The van der Waals surface area contributed by atoms with Crippen LogP contribution in [0, 0.1) is 0 Å². The lowest BCUT2D eigenvalue weighted by Crippen LogP contribution is -2.48. The van der Waals surface area contributed by atoms with Gasteiger partial charge in [-0.3, -0.25) is 10.1 Å². The number of phenolic OH excluding ortho intramolecular Hbond substituents is 1. The molecule has 1 fully saturated rings. The number of H-pyrrole nitrogens is 1. The molecule has 0 unspecified atom stereocenters. The SMILES string of the molecule is C[N+]1(C)CCC(OC(=O)Nc2cc(OCCCCCCNC[C@H](O)c3ccc(O)c4[nH]c(=O)ccc34)ccc2-c2ccccc2)CC1. The van der Waals surface area contributed by atoms with Gasteiger partial charge in [-0.2, -0.15) is 0 Å². The number of amides is 1. The van der Waals surface area contributed by atoms with Gasteiger partial charge < -0.3 is 34.5 Å². The van der Waals surface area contributed by atoms with E-state index in [1.54, 1.807) is 12.1 Å². The number of quaternary nitrogens is 1. The molecule has 0 spiro atoms. The number of anilines is 1. The Morgan fingerprint density at radius 1 is 0.979 bits per heavy atom. The monoisotopic (exact) mass is 643 g/mol. The van der Waals surface area contributed by atoms with Gasteiger partial charge in [-0.25, -0.2) is 4.79 Å². The topological polar surface area (TPSA) is 133 Å². The number of aliphatic hydroxyl groups is 1. The quantitative estimate of drug-likeness (QED) is 0.0847. The lowest BCUT2D eigenvalue weighted by molar-refractivity contribution is -0.896. The zero-order chi connectivity index (χ0) is 33.2. The van der Waals surface area contributed by atoms with Crippen molar-refractivity contribution in [2.24, 2.45) is 0 Å². The highest BCUT2D eigenvalue weighted by molar-refractivity contribution is 5.92. The lowest BCUT2D eigenvalue weighted by Gasteiger charge is -2.36. The molecule has 3 aromatic carbocycles. The van der Waals surface area contributed by atoms with Gasteiger partial charge in [0.05, 0.1) is 51.1 Å². The first-order valence-corrected chi connectivity index (χ1v) is 16.5. The third-order valence-corrected chi connectivity index (χ3v) is 8.82. The lowest BCUT2D eigenvalue weighted by atomic mass is 10.0. The second-order valence-electron chi connectivity index (χ2n) is 13.0. The van der Waals surface area contributed by atoms with Gasteiger partial charge in [0.1, 0.15) is 17.6 Å². The highest BCUT2D eigenvalue weighted by Gasteiger charge is 2.28. The van der Waals surface area contributed by atoms with E-state index in [1.807, 2.05) is 48.5 Å². The van der Waals surface area contributed by atoms with E-state index in [9.17, 15) is 19.8 Å². The van der Waals surface area contributed by atoms with Crippen molar-refractivity contribution in [1.82, 2.24) is 10.3 Å². The summed E-state index contributed by atoms with van der Waals surface area (Å²) >= 11 is 0. The standard InChI is InChI=1S/C37H46N4O6/c1-41(2)21-18-27(19-22-41)47-37(45)39-32-24-28(12-13-29(32)26-10-6-5-7-11-26)46-23-9-4-3-8-20-38-25-34(43)30-14-16-33(42)36-31(30)15-17-35(44)40-36/h5-7,10-17,24,27,34,38,43H,3-4,8-9,18-23,25H2,1-2H3,(H2-,39,40,42,44,45)/p+1/t34-/m0/s1. The van der Waals surface area contributed by atoms with Crippen LogP contribution >= 0.6 is 0 Å². The van der Waals surface area contributed by atoms with E-state index in [4.69, 9.17) is 9.47 Å². The Balaban J connectivity index is 1.04. The van der Waals surface area contributed by atoms with Crippen molar-refractivity contribution < 1.29 is 29.0 Å². The van der Waals surface area contributed by atoms with Gasteiger partial charge in [0.15, 0.2) is 0 Å². The fraction of sp³-hybridized carbons (Fsp3) is 0.405. The summed E-state index contributed by atoms with van der Waals surface area (Å²) in [5.74, 6) is 0.670. The molecule has 0 radical (unpaired) electrons. The number of ether oxygens (including phenoxy) is 2. The highest BCUT2D eigenvalue weighted by atomic mass is 16.6. The number of carbonyl (C=O) groups is 1. The molecule has 2 heterocycles. The summed E-state index contributed by atoms with van der Waals surface area (Å²) in [7, 11) is 4.40. The molecule has 0 saturated carbocycles. The Morgan fingerprint density at radius 2 is 1.74 bits per heavy atom. The molecule has 4 aromatic rings. The summed E-state index contributed by atoms with van der Waals surface area (Å²) in [6, 6.07) is 21.9. The highest BCUT2D eigenvalue weighted by Crippen LogP contribution is 2.32. The van der Waals surface area contributed by atoms with Crippen LogP contribution in [-0.4, -0.2) is 78.8 Å². The zero-order valence-corrected chi connectivity index (χ0v) is 27.3. The molecule has 1 aromatic heterocycles. The fourth-order valence-corrected chi connectivity index (χ4v) is 6.03. The summed E-state index contributed by atoms with van der Waals surface area (Å²) in [6.07, 6.45) is 4.28. The van der Waals surface area contributed by atoms with E-state index in [0.29, 0.717) is 41.1 Å². The Labute approximate surface area is 275 Å². The average Bonchev–Trinajstić information content (AvgIpc) is 3.06. The number of aromatic amines is 1. The number of rotatable bonds is 14. The van der Waals surface area contributed by atoms with Crippen LogP contribution in [0.5, 0.6) is 11.5 Å². The largest absolute Gasteiger partial charge is 0.506 e. The van der Waals surface area contributed by atoms with Gasteiger partial charge >= 0.3 is 6.09 Å². The van der Waals surface area contributed by atoms with Crippen molar-refractivity contribution in [3.05, 3.63) is 88.7 Å². The van der Waals surface area contributed by atoms with E-state index < -0.39 is 12.2 Å². The maximum atomic E-state index is 12.9. The molecule has 10 heteroatoms. The van der Waals surface area contributed by atoms with Crippen LogP contribution in [-0.2, 0) is 4.74 Å². The molecule has 5 N–H and O–H groups in total. The minimum atomic E-state index is -0.772. The molecule has 10 nitrogen and oxygen atoms in total. The van der Waals surface area contributed by atoms with E-state index in [2.05, 4.69) is 29.7 Å². The number of aromatic hydroxyl groups is 1. The van der Waals surface area contributed by atoms with E-state index in [1.165, 1.54) is 12.1 Å². The summed E-state index contributed by atoms with van der Waals surface area (Å²) in [4.78, 5) is 27.2. The summed E-state index contributed by atoms with van der Waals surface area (Å²) in [5, 5.41) is 27.7. The third-order valence-electron chi connectivity index (χ3n) is 8.82. The first kappa shape index (κ1) is 34.0. The molecular weight excluding hydrogens is 596 g/mol. The fourth-order valence-electron chi connectivity index (χ4n) is 6.03. The summed E-state index contributed by atoms with van der Waals surface area (Å²) < 4.78 is 12.8. The van der Waals surface area contributed by atoms with Crippen molar-refractivity contribution in [2.75, 3.05) is 52.2 Å². The molecule has 1 saturated heterocycles. The first-order valence-electron chi connectivity index (χ1n) is 16.5.